The fourth-order valence-electron chi connectivity index (χ4n) is 4.25. The van der Waals surface area contributed by atoms with Gasteiger partial charge in [-0.2, -0.15) is 0 Å². The molecule has 0 spiro atoms. The zero-order chi connectivity index (χ0) is 18.1. The molecule has 2 unspecified atom stereocenters. The van der Waals surface area contributed by atoms with Gasteiger partial charge in [-0.15, -0.1) is 0 Å². The van der Waals surface area contributed by atoms with E-state index in [0.717, 1.165) is 24.3 Å². The van der Waals surface area contributed by atoms with Gasteiger partial charge in [0, 0.05) is 29.4 Å². The smallest absolute Gasteiger partial charge is 0.135 e. The molecule has 1 fully saturated rings. The summed E-state index contributed by atoms with van der Waals surface area (Å²) in [6, 6.07) is 26.4. The van der Waals surface area contributed by atoms with Gasteiger partial charge in [0.25, 0.3) is 0 Å². The van der Waals surface area contributed by atoms with Gasteiger partial charge in [-0.3, -0.25) is 0 Å². The maximum absolute atomic E-state index is 5.95. The van der Waals surface area contributed by atoms with Crippen molar-refractivity contribution < 1.29 is 4.42 Å². The number of nitrogens with one attached hydrogen (secondary N) is 2. The first kappa shape index (κ1) is 16.5. The van der Waals surface area contributed by atoms with Gasteiger partial charge in [-0.25, -0.2) is 0 Å². The van der Waals surface area contributed by atoms with E-state index in [9.17, 15) is 0 Å². The molecule has 2 N–H and O–H groups in total. The van der Waals surface area contributed by atoms with E-state index in [1.54, 1.807) is 0 Å². The molecule has 3 nitrogen and oxygen atoms in total. The lowest BCUT2D eigenvalue weighted by atomic mass is 9.92. The number of piperidine rings is 1. The number of fused-ring (bicyclic) bond motifs is 3. The summed E-state index contributed by atoms with van der Waals surface area (Å²) in [5.41, 5.74) is 4.58. The lowest BCUT2D eigenvalue weighted by molar-refractivity contribution is 0.304. The zero-order valence-electron chi connectivity index (χ0n) is 15.3. The topological polar surface area (TPSA) is 37.2 Å². The largest absolute Gasteiger partial charge is 0.456 e. The highest BCUT2D eigenvalue weighted by Gasteiger charge is 2.25. The number of furan rings is 1. The molecule has 0 aliphatic carbocycles. The van der Waals surface area contributed by atoms with Crippen LogP contribution in [0.1, 0.15) is 30.0 Å². The maximum atomic E-state index is 5.95. The summed E-state index contributed by atoms with van der Waals surface area (Å²) in [5.74, 6) is 0. The molecule has 3 aromatic carbocycles. The molecule has 0 saturated carbocycles. The van der Waals surface area contributed by atoms with Crippen LogP contribution in [0.4, 0.5) is 0 Å². The molecule has 1 aliphatic rings. The summed E-state index contributed by atoms with van der Waals surface area (Å²) in [7, 11) is 0. The van der Waals surface area contributed by atoms with E-state index in [-0.39, 0.29) is 0 Å². The summed E-state index contributed by atoms with van der Waals surface area (Å²) < 4.78 is 5.95. The van der Waals surface area contributed by atoms with Crippen LogP contribution in [0, 0.1) is 0 Å². The van der Waals surface area contributed by atoms with E-state index >= 15 is 0 Å². The molecule has 0 bridgehead atoms. The second-order valence-electron chi connectivity index (χ2n) is 7.40. The number of para-hydroxylation sites is 1. The van der Waals surface area contributed by atoms with Gasteiger partial charge in [0.15, 0.2) is 0 Å². The number of hydrogen-bond acceptors (Lipinski definition) is 3. The second kappa shape index (κ2) is 7.18. The van der Waals surface area contributed by atoms with Gasteiger partial charge >= 0.3 is 0 Å². The van der Waals surface area contributed by atoms with E-state index in [1.165, 1.54) is 34.7 Å². The molecule has 0 radical (unpaired) electrons. The minimum absolute atomic E-state index is 0.374. The Hall–Kier alpha value is -2.62. The van der Waals surface area contributed by atoms with E-state index < -0.39 is 0 Å². The molecular weight excluding hydrogens is 332 g/mol. The first-order valence-corrected chi connectivity index (χ1v) is 9.80. The van der Waals surface area contributed by atoms with E-state index in [1.807, 2.05) is 12.1 Å². The van der Waals surface area contributed by atoms with Crippen LogP contribution in [-0.4, -0.2) is 12.6 Å². The summed E-state index contributed by atoms with van der Waals surface area (Å²) >= 11 is 0. The first-order valence-electron chi connectivity index (χ1n) is 9.80. The van der Waals surface area contributed by atoms with Crippen molar-refractivity contribution in [1.82, 2.24) is 10.6 Å². The minimum Gasteiger partial charge on any atom is -0.456 e. The normalized spacial score (nSPS) is 20.3. The number of hydrogen-bond donors (Lipinski definition) is 2. The van der Waals surface area contributed by atoms with Gasteiger partial charge in [0.2, 0.25) is 0 Å². The van der Waals surface area contributed by atoms with Crippen LogP contribution in [0.2, 0.25) is 0 Å². The average molecular weight is 356 g/mol. The molecule has 136 valence electrons. The Morgan fingerprint density at radius 3 is 2.63 bits per heavy atom. The molecule has 1 aromatic heterocycles. The number of rotatable bonds is 4. The molecule has 4 aromatic rings. The molecular formula is C24H24N2O. The highest BCUT2D eigenvalue weighted by Crippen LogP contribution is 2.29. The van der Waals surface area contributed by atoms with Crippen molar-refractivity contribution in [2.45, 2.75) is 31.5 Å². The van der Waals surface area contributed by atoms with Crippen molar-refractivity contribution in [1.29, 1.82) is 0 Å². The summed E-state index contributed by atoms with van der Waals surface area (Å²) in [6.45, 7) is 1.95. The van der Waals surface area contributed by atoms with E-state index in [4.69, 9.17) is 4.42 Å². The molecule has 2 atom stereocenters. The third kappa shape index (κ3) is 3.25. The Morgan fingerprint density at radius 2 is 1.70 bits per heavy atom. The summed E-state index contributed by atoms with van der Waals surface area (Å²) in [4.78, 5) is 0. The Bertz CT molecular complexity index is 1050. The third-order valence-corrected chi connectivity index (χ3v) is 5.63. The Labute approximate surface area is 159 Å². The lowest BCUT2D eigenvalue weighted by Gasteiger charge is -2.34. The predicted octanol–water partition coefficient (Wildman–Crippen LogP) is 5.17. The molecule has 0 amide bonds. The van der Waals surface area contributed by atoms with E-state index in [0.29, 0.717) is 12.1 Å². The van der Waals surface area contributed by atoms with Gasteiger partial charge in [-0.1, -0.05) is 54.6 Å². The van der Waals surface area contributed by atoms with Crippen LogP contribution in [0.25, 0.3) is 21.9 Å². The van der Waals surface area contributed by atoms with Gasteiger partial charge in [0.1, 0.15) is 11.2 Å². The first-order chi connectivity index (χ1) is 13.4. The minimum atomic E-state index is 0.374. The molecule has 5 rings (SSSR count). The number of benzene rings is 3. The molecule has 27 heavy (non-hydrogen) atoms. The summed E-state index contributed by atoms with van der Waals surface area (Å²) in [5, 5.41) is 9.88. The van der Waals surface area contributed by atoms with Crippen molar-refractivity contribution in [3.8, 4) is 0 Å². The standard InChI is InChI=1S/C24H24N2O/c1-2-7-18(8-3-1)24-21(10-6-14-25-24)26-16-17-12-13-23-20(15-17)19-9-4-5-11-22(19)27-23/h1-5,7-9,11-13,15,21,24-26H,6,10,14,16H2. The molecule has 1 saturated heterocycles. The molecule has 2 heterocycles. The molecule has 3 heteroatoms. The highest BCUT2D eigenvalue weighted by molar-refractivity contribution is 6.04. The summed E-state index contributed by atoms with van der Waals surface area (Å²) in [6.07, 6.45) is 2.41. The van der Waals surface area contributed by atoms with Crippen molar-refractivity contribution in [2.75, 3.05) is 6.54 Å². The van der Waals surface area contributed by atoms with Gasteiger partial charge in [-0.05, 0) is 48.7 Å². The highest BCUT2D eigenvalue weighted by atomic mass is 16.3. The van der Waals surface area contributed by atoms with Crippen LogP contribution < -0.4 is 10.6 Å². The van der Waals surface area contributed by atoms with Crippen LogP contribution in [0.5, 0.6) is 0 Å². The van der Waals surface area contributed by atoms with E-state index in [2.05, 4.69) is 71.3 Å². The SMILES string of the molecule is c1ccc(C2NCCCC2NCc2ccc3oc4ccccc4c3c2)cc1. The average Bonchev–Trinajstić information content (AvgIpc) is 3.11. The third-order valence-electron chi connectivity index (χ3n) is 5.63. The van der Waals surface area contributed by atoms with Crippen LogP contribution in [0.15, 0.2) is 77.2 Å². The fraction of sp³-hybridized carbons (Fsp3) is 0.250. The van der Waals surface area contributed by atoms with Crippen LogP contribution in [0.3, 0.4) is 0 Å². The van der Waals surface area contributed by atoms with Crippen molar-refractivity contribution in [3.63, 3.8) is 0 Å². The zero-order valence-corrected chi connectivity index (χ0v) is 15.3. The van der Waals surface area contributed by atoms with Gasteiger partial charge in [0.05, 0.1) is 0 Å². The van der Waals surface area contributed by atoms with Crippen molar-refractivity contribution in [3.05, 3.63) is 83.9 Å². The Balaban J connectivity index is 1.37. The quantitative estimate of drug-likeness (QED) is 0.530. The predicted molar refractivity (Wildman–Crippen MR) is 111 cm³/mol. The Morgan fingerprint density at radius 1 is 0.889 bits per heavy atom. The van der Waals surface area contributed by atoms with Crippen molar-refractivity contribution >= 4 is 21.9 Å². The van der Waals surface area contributed by atoms with Gasteiger partial charge < -0.3 is 15.1 Å². The molecule has 1 aliphatic heterocycles. The van der Waals surface area contributed by atoms with Crippen LogP contribution >= 0.6 is 0 Å². The second-order valence-corrected chi connectivity index (χ2v) is 7.40. The monoisotopic (exact) mass is 356 g/mol. The Kier molecular flexibility index (Phi) is 4.40. The fourth-order valence-corrected chi connectivity index (χ4v) is 4.25. The van der Waals surface area contributed by atoms with Crippen LogP contribution in [-0.2, 0) is 6.54 Å². The maximum Gasteiger partial charge on any atom is 0.135 e. The lowest BCUT2D eigenvalue weighted by Crippen LogP contribution is -2.45. The van der Waals surface area contributed by atoms with Crippen molar-refractivity contribution in [2.24, 2.45) is 0 Å².